The van der Waals surface area contributed by atoms with Crippen LogP contribution in [0.25, 0.3) is 0 Å². The van der Waals surface area contributed by atoms with Crippen molar-refractivity contribution in [2.45, 2.75) is 26.8 Å². The third-order valence-corrected chi connectivity index (χ3v) is 5.57. The molecule has 0 radical (unpaired) electrons. The Balaban J connectivity index is 1.48. The molecule has 0 aromatic heterocycles. The van der Waals surface area contributed by atoms with Crippen molar-refractivity contribution >= 4 is 11.6 Å². The van der Waals surface area contributed by atoms with E-state index < -0.39 is 0 Å². The fourth-order valence-corrected chi connectivity index (χ4v) is 3.58. The first-order valence-electron chi connectivity index (χ1n) is 9.94. The number of amides is 1. The van der Waals surface area contributed by atoms with Crippen molar-refractivity contribution in [1.29, 1.82) is 0 Å². The summed E-state index contributed by atoms with van der Waals surface area (Å²) >= 11 is 0. The first-order chi connectivity index (χ1) is 13.5. The number of anilines is 1. The third-order valence-electron chi connectivity index (χ3n) is 5.57. The lowest BCUT2D eigenvalue weighted by Crippen LogP contribution is -2.49. The van der Waals surface area contributed by atoms with E-state index in [9.17, 15) is 4.79 Å². The first-order valence-corrected chi connectivity index (χ1v) is 9.94. The molecule has 5 nitrogen and oxygen atoms in total. The van der Waals surface area contributed by atoms with Crippen molar-refractivity contribution in [3.05, 3.63) is 59.2 Å². The van der Waals surface area contributed by atoms with Crippen LogP contribution in [0.3, 0.4) is 0 Å². The zero-order valence-corrected chi connectivity index (χ0v) is 17.4. The molecule has 0 bridgehead atoms. The zero-order valence-electron chi connectivity index (χ0n) is 17.4. The quantitative estimate of drug-likeness (QED) is 0.834. The second-order valence-corrected chi connectivity index (χ2v) is 7.60. The summed E-state index contributed by atoms with van der Waals surface area (Å²) < 4.78 is 5.32. The molecule has 1 atom stereocenters. The van der Waals surface area contributed by atoms with Gasteiger partial charge in [-0.2, -0.15) is 0 Å². The van der Waals surface area contributed by atoms with Gasteiger partial charge in [0.05, 0.1) is 19.7 Å². The number of hydrogen-bond acceptors (Lipinski definition) is 4. The van der Waals surface area contributed by atoms with Crippen LogP contribution < -0.4 is 15.0 Å². The highest BCUT2D eigenvalue weighted by Gasteiger charge is 2.20. The predicted octanol–water partition coefficient (Wildman–Crippen LogP) is 3.31. The number of carbonyl (C=O) groups is 1. The average molecular weight is 382 g/mol. The van der Waals surface area contributed by atoms with Crippen molar-refractivity contribution in [3.8, 4) is 5.75 Å². The number of methoxy groups -OCH3 is 1. The molecule has 0 unspecified atom stereocenters. The Morgan fingerprint density at radius 3 is 2.50 bits per heavy atom. The second-order valence-electron chi connectivity index (χ2n) is 7.60. The van der Waals surface area contributed by atoms with Gasteiger partial charge >= 0.3 is 0 Å². The predicted molar refractivity (Wildman–Crippen MR) is 114 cm³/mol. The molecule has 0 aliphatic carbocycles. The Hall–Kier alpha value is -2.53. The first kappa shape index (κ1) is 20.2. The minimum Gasteiger partial charge on any atom is -0.497 e. The van der Waals surface area contributed by atoms with Crippen LogP contribution in [0.2, 0.25) is 0 Å². The van der Waals surface area contributed by atoms with E-state index in [0.717, 1.165) is 37.5 Å². The van der Waals surface area contributed by atoms with Crippen LogP contribution in [0.1, 0.15) is 29.7 Å². The Bertz CT molecular complexity index is 813. The van der Waals surface area contributed by atoms with E-state index >= 15 is 0 Å². The molecular weight excluding hydrogens is 350 g/mol. The standard InChI is InChI=1S/C23H31N3O2/c1-17-8-9-20(14-18(17)2)19(3)24-23(27)16-25-10-12-26(13-11-25)21-6-5-7-22(15-21)28-4/h5-9,14-15,19H,10-13,16H2,1-4H3,(H,24,27)/t19-/m0/s1. The normalized spacial score (nSPS) is 15.9. The van der Waals surface area contributed by atoms with Crippen LogP contribution in [0, 0.1) is 13.8 Å². The van der Waals surface area contributed by atoms with Gasteiger partial charge in [-0.1, -0.05) is 24.3 Å². The topological polar surface area (TPSA) is 44.8 Å². The number of ether oxygens (including phenoxy) is 1. The molecule has 5 heteroatoms. The molecule has 3 rings (SSSR count). The Morgan fingerprint density at radius 1 is 1.07 bits per heavy atom. The van der Waals surface area contributed by atoms with Crippen molar-refractivity contribution in [2.75, 3.05) is 44.7 Å². The maximum Gasteiger partial charge on any atom is 0.234 e. The van der Waals surface area contributed by atoms with E-state index in [4.69, 9.17) is 4.74 Å². The number of aryl methyl sites for hydroxylation is 2. The molecule has 0 spiro atoms. The lowest BCUT2D eigenvalue weighted by atomic mass is 10.0. The molecule has 1 aliphatic heterocycles. The van der Waals surface area contributed by atoms with Gasteiger partial charge in [-0.25, -0.2) is 0 Å². The summed E-state index contributed by atoms with van der Waals surface area (Å²) in [6, 6.07) is 14.5. The SMILES string of the molecule is COc1cccc(N2CCN(CC(=O)N[C@@H](C)c3ccc(C)c(C)c3)CC2)c1. The summed E-state index contributed by atoms with van der Waals surface area (Å²) in [5.74, 6) is 0.959. The van der Waals surface area contributed by atoms with Crippen LogP contribution in [0.5, 0.6) is 5.75 Å². The highest BCUT2D eigenvalue weighted by molar-refractivity contribution is 5.78. The van der Waals surface area contributed by atoms with Gasteiger partial charge < -0.3 is 15.0 Å². The highest BCUT2D eigenvalue weighted by Crippen LogP contribution is 2.22. The maximum atomic E-state index is 12.5. The maximum absolute atomic E-state index is 12.5. The number of hydrogen-bond donors (Lipinski definition) is 1. The number of carbonyl (C=O) groups excluding carboxylic acids is 1. The number of piperazine rings is 1. The van der Waals surface area contributed by atoms with Crippen molar-refractivity contribution in [3.63, 3.8) is 0 Å². The molecule has 1 heterocycles. The van der Waals surface area contributed by atoms with Gasteiger partial charge in [-0.3, -0.25) is 9.69 Å². The van der Waals surface area contributed by atoms with Gasteiger partial charge in [-0.05, 0) is 49.6 Å². The molecule has 1 aliphatic rings. The van der Waals surface area contributed by atoms with E-state index in [1.54, 1.807) is 7.11 Å². The zero-order chi connectivity index (χ0) is 20.1. The van der Waals surface area contributed by atoms with Gasteiger partial charge in [0.15, 0.2) is 0 Å². The van der Waals surface area contributed by atoms with E-state index in [1.807, 2.05) is 19.1 Å². The van der Waals surface area contributed by atoms with Gasteiger partial charge in [-0.15, -0.1) is 0 Å². The van der Waals surface area contributed by atoms with Crippen molar-refractivity contribution in [1.82, 2.24) is 10.2 Å². The van der Waals surface area contributed by atoms with Gasteiger partial charge in [0.25, 0.3) is 0 Å². The van der Waals surface area contributed by atoms with E-state index in [-0.39, 0.29) is 11.9 Å². The van der Waals surface area contributed by atoms with E-state index in [0.29, 0.717) is 6.54 Å². The molecule has 0 saturated carbocycles. The van der Waals surface area contributed by atoms with Gasteiger partial charge in [0.2, 0.25) is 5.91 Å². The molecule has 1 amide bonds. The fraction of sp³-hybridized carbons (Fsp3) is 0.435. The lowest BCUT2D eigenvalue weighted by Gasteiger charge is -2.36. The van der Waals surface area contributed by atoms with Crippen LogP contribution in [0.15, 0.2) is 42.5 Å². The van der Waals surface area contributed by atoms with E-state index in [2.05, 4.69) is 59.3 Å². The molecule has 150 valence electrons. The fourth-order valence-electron chi connectivity index (χ4n) is 3.58. The smallest absolute Gasteiger partial charge is 0.234 e. The second kappa shape index (κ2) is 9.11. The van der Waals surface area contributed by atoms with Crippen LogP contribution in [-0.4, -0.2) is 50.6 Å². The molecule has 28 heavy (non-hydrogen) atoms. The largest absolute Gasteiger partial charge is 0.497 e. The number of benzene rings is 2. The average Bonchev–Trinajstić information content (AvgIpc) is 2.70. The van der Waals surface area contributed by atoms with Crippen LogP contribution >= 0.6 is 0 Å². The molecule has 2 aromatic carbocycles. The van der Waals surface area contributed by atoms with Gasteiger partial charge in [0, 0.05) is 37.9 Å². The Morgan fingerprint density at radius 2 is 1.82 bits per heavy atom. The third kappa shape index (κ3) is 5.04. The molecule has 2 aromatic rings. The summed E-state index contributed by atoms with van der Waals surface area (Å²) in [5.41, 5.74) is 4.86. The highest BCUT2D eigenvalue weighted by atomic mass is 16.5. The summed E-state index contributed by atoms with van der Waals surface area (Å²) in [6.45, 7) is 10.3. The number of nitrogens with zero attached hydrogens (tertiary/aromatic N) is 2. The summed E-state index contributed by atoms with van der Waals surface area (Å²) in [5, 5.41) is 3.14. The minimum absolute atomic E-state index is 0.0184. The summed E-state index contributed by atoms with van der Waals surface area (Å²) in [6.07, 6.45) is 0. The molecule has 1 saturated heterocycles. The summed E-state index contributed by atoms with van der Waals surface area (Å²) in [7, 11) is 1.69. The monoisotopic (exact) mass is 381 g/mol. The molecule has 1 fully saturated rings. The molecule has 1 N–H and O–H groups in total. The Labute approximate surface area is 168 Å². The number of rotatable bonds is 6. The van der Waals surface area contributed by atoms with Gasteiger partial charge in [0.1, 0.15) is 5.75 Å². The van der Waals surface area contributed by atoms with E-state index in [1.165, 1.54) is 16.8 Å². The Kier molecular flexibility index (Phi) is 6.57. The van der Waals surface area contributed by atoms with Crippen molar-refractivity contribution in [2.24, 2.45) is 0 Å². The molecular formula is C23H31N3O2. The summed E-state index contributed by atoms with van der Waals surface area (Å²) in [4.78, 5) is 17.1. The minimum atomic E-state index is 0.0184. The van der Waals surface area contributed by atoms with Crippen LogP contribution in [-0.2, 0) is 4.79 Å². The van der Waals surface area contributed by atoms with Crippen LogP contribution in [0.4, 0.5) is 5.69 Å². The van der Waals surface area contributed by atoms with Crippen molar-refractivity contribution < 1.29 is 9.53 Å². The number of nitrogens with one attached hydrogen (secondary N) is 1. The lowest BCUT2D eigenvalue weighted by molar-refractivity contribution is -0.123.